The van der Waals surface area contributed by atoms with Crippen LogP contribution in [0.15, 0.2) is 18.2 Å². The number of carbonyl (C=O) groups is 5. The van der Waals surface area contributed by atoms with Gasteiger partial charge >= 0.3 is 6.09 Å². The zero-order valence-corrected chi connectivity index (χ0v) is 36.8. The molecule has 0 spiro atoms. The maximum absolute atomic E-state index is 14.8. The standard InChI is InChI=1S/C39H53F2N7O10S.C2H6/c1-20-30-19-48(31(20)33(50)45-39(36(52)46-59(54)55)17-23(39)24(41)18-40)35(51)32(38(3,4)5)44-37(53)58-29-14-15-47(21(2)49)28(29)11-9-7-8-10-26-34(57-30)43-27-16-22(56-6)12-13-25(27)42-26;1-2/h12-13,16,20,23-24,28-32H,7-11,14-15,17-19H2,1-6H3,(H,44,53)(H,45,50)(H,46,52)(H,54,55);1-2H3/p-1/t20-,23+,24?,28?,29-,30+,31+,32-,39-;/m1./s1. The van der Waals surface area contributed by atoms with Gasteiger partial charge in [-0.2, -0.15) is 0 Å². The maximum atomic E-state index is 14.8. The average Bonchev–Trinajstić information content (AvgIpc) is 3.66. The molecule has 2 aromatic rings. The molecular weight excluding hydrogens is 821 g/mol. The number of alkyl halides is 2. The van der Waals surface area contributed by atoms with E-state index in [1.54, 1.807) is 55.5 Å². The normalized spacial score (nSPS) is 29.1. The minimum absolute atomic E-state index is 0.150. The Morgan fingerprint density at radius 2 is 1.82 bits per heavy atom. The molecule has 6 rings (SSSR count). The lowest BCUT2D eigenvalue weighted by molar-refractivity contribution is -0.143. The molecule has 1 aliphatic carbocycles. The third-order valence-electron chi connectivity index (χ3n) is 12.0. The predicted molar refractivity (Wildman–Crippen MR) is 218 cm³/mol. The number of aryl methyl sites for hydroxylation is 1. The lowest BCUT2D eigenvalue weighted by atomic mass is 9.85. The monoisotopic (exact) mass is 878 g/mol. The molecule has 20 heteroatoms. The van der Waals surface area contributed by atoms with Crippen molar-refractivity contribution in [1.82, 2.24) is 35.1 Å². The number of rotatable bonds is 7. The third kappa shape index (κ3) is 10.3. The van der Waals surface area contributed by atoms with Crippen molar-refractivity contribution < 1.29 is 55.7 Å². The number of nitrogens with zero attached hydrogens (tertiary/aromatic N) is 4. The predicted octanol–water partition coefficient (Wildman–Crippen LogP) is 3.60. The first-order valence-electron chi connectivity index (χ1n) is 20.9. The summed E-state index contributed by atoms with van der Waals surface area (Å²) in [4.78, 5) is 81.4. The molecular formula is C41H58F2N7O10S-. The third-order valence-corrected chi connectivity index (χ3v) is 12.3. The van der Waals surface area contributed by atoms with Gasteiger partial charge in [0.1, 0.15) is 54.1 Å². The van der Waals surface area contributed by atoms with Crippen molar-refractivity contribution >= 4 is 52.0 Å². The van der Waals surface area contributed by atoms with E-state index in [1.807, 2.05) is 13.8 Å². The molecule has 3 N–H and O–H groups in total. The Balaban J connectivity index is 0.00000347. The highest BCUT2D eigenvalue weighted by atomic mass is 32.2. The van der Waals surface area contributed by atoms with Crippen molar-refractivity contribution in [1.29, 1.82) is 0 Å². The first-order valence-corrected chi connectivity index (χ1v) is 21.9. The van der Waals surface area contributed by atoms with E-state index in [-0.39, 0.29) is 24.4 Å². The summed E-state index contributed by atoms with van der Waals surface area (Å²) in [5.74, 6) is -4.63. The van der Waals surface area contributed by atoms with Gasteiger partial charge < -0.3 is 39.2 Å². The second-order valence-corrected chi connectivity index (χ2v) is 17.6. The van der Waals surface area contributed by atoms with Gasteiger partial charge in [0.15, 0.2) is 0 Å². The Hall–Kier alpha value is -4.72. The van der Waals surface area contributed by atoms with E-state index < -0.39 is 101 Å². The smallest absolute Gasteiger partial charge is 0.408 e. The van der Waals surface area contributed by atoms with Crippen LogP contribution in [0.3, 0.4) is 0 Å². The molecule has 3 unspecified atom stereocenters. The average molecular weight is 879 g/mol. The molecule has 5 amide bonds. The zero-order chi connectivity index (χ0) is 45.0. The molecule has 0 radical (unpaired) electrons. The van der Waals surface area contributed by atoms with Crippen molar-refractivity contribution in [2.45, 2.75) is 135 Å². The van der Waals surface area contributed by atoms with Crippen LogP contribution in [0.25, 0.3) is 11.0 Å². The van der Waals surface area contributed by atoms with Gasteiger partial charge in [0.25, 0.3) is 5.91 Å². The summed E-state index contributed by atoms with van der Waals surface area (Å²) in [7, 11) is 1.52. The number of methoxy groups -OCH3 is 1. The van der Waals surface area contributed by atoms with Crippen LogP contribution >= 0.6 is 0 Å². The topological polar surface area (TPSA) is 222 Å². The summed E-state index contributed by atoms with van der Waals surface area (Å²) in [6, 6.07) is 2.11. The Bertz CT molecular complexity index is 1990. The fraction of sp³-hybridized carbons (Fsp3) is 0.683. The summed E-state index contributed by atoms with van der Waals surface area (Å²) < 4.78 is 70.8. The summed E-state index contributed by atoms with van der Waals surface area (Å²) in [5.41, 5.74) is -1.54. The first-order chi connectivity index (χ1) is 28.9. The molecule has 2 saturated heterocycles. The molecule has 3 aliphatic heterocycles. The van der Waals surface area contributed by atoms with Crippen LogP contribution in [0.2, 0.25) is 0 Å². The van der Waals surface area contributed by atoms with E-state index in [9.17, 15) is 41.5 Å². The number of likely N-dealkylation sites (tertiary alicyclic amines) is 1. The lowest BCUT2D eigenvalue weighted by Gasteiger charge is -2.36. The number of ether oxygens (including phenoxy) is 3. The van der Waals surface area contributed by atoms with Crippen LogP contribution in [0, 0.1) is 17.3 Å². The van der Waals surface area contributed by atoms with Gasteiger partial charge in [-0.05, 0) is 43.2 Å². The quantitative estimate of drug-likeness (QED) is 0.340. The van der Waals surface area contributed by atoms with E-state index in [0.29, 0.717) is 61.1 Å². The maximum Gasteiger partial charge on any atom is 0.408 e. The number of hydrogen-bond donors (Lipinski definition) is 3. The number of alkyl carbamates (subject to hydrolysis) is 1. The van der Waals surface area contributed by atoms with Gasteiger partial charge in [-0.1, -0.05) is 54.4 Å². The number of aromatic nitrogens is 2. The number of hydrogen-bond acceptors (Lipinski definition) is 12. The van der Waals surface area contributed by atoms with Crippen LogP contribution in [0.5, 0.6) is 11.6 Å². The second kappa shape index (κ2) is 19.5. The molecule has 338 valence electrons. The van der Waals surface area contributed by atoms with E-state index in [0.717, 1.165) is 6.42 Å². The van der Waals surface area contributed by atoms with Crippen LogP contribution in [0.1, 0.15) is 92.7 Å². The van der Waals surface area contributed by atoms with E-state index in [4.69, 9.17) is 24.2 Å². The highest BCUT2D eigenvalue weighted by Gasteiger charge is 2.66. The number of nitrogens with one attached hydrogen (secondary N) is 3. The van der Waals surface area contributed by atoms with Crippen molar-refractivity contribution in [2.24, 2.45) is 17.3 Å². The highest BCUT2D eigenvalue weighted by Crippen LogP contribution is 2.48. The zero-order valence-electron chi connectivity index (χ0n) is 36.0. The molecule has 3 fully saturated rings. The molecule has 17 nitrogen and oxygen atoms in total. The molecule has 1 saturated carbocycles. The minimum atomic E-state index is -3.14. The van der Waals surface area contributed by atoms with Gasteiger partial charge in [-0.15, -0.1) is 0 Å². The van der Waals surface area contributed by atoms with E-state index in [2.05, 4.69) is 10.6 Å². The highest BCUT2D eigenvalue weighted by molar-refractivity contribution is 7.77. The van der Waals surface area contributed by atoms with Gasteiger partial charge in [0.05, 0.1) is 30.7 Å². The second-order valence-electron chi connectivity index (χ2n) is 16.9. The number of halogens is 2. The lowest BCUT2D eigenvalue weighted by Crippen LogP contribution is -2.61. The van der Waals surface area contributed by atoms with Crippen LogP contribution in [0.4, 0.5) is 13.6 Å². The summed E-state index contributed by atoms with van der Waals surface area (Å²) in [5, 5.41) is 5.20. The van der Waals surface area contributed by atoms with Crippen molar-refractivity contribution in [3.63, 3.8) is 0 Å². The Kier molecular flexibility index (Phi) is 15.2. The van der Waals surface area contributed by atoms with Crippen molar-refractivity contribution in [2.75, 3.05) is 26.9 Å². The molecule has 4 heterocycles. The van der Waals surface area contributed by atoms with E-state index >= 15 is 0 Å². The number of amides is 5. The Labute approximate surface area is 357 Å². The number of carbonyl (C=O) groups excluding carboxylic acids is 5. The largest absolute Gasteiger partial charge is 0.755 e. The fourth-order valence-electron chi connectivity index (χ4n) is 8.67. The molecule has 2 bridgehead atoms. The molecule has 1 aromatic heterocycles. The van der Waals surface area contributed by atoms with Gasteiger partial charge in [0.2, 0.25) is 23.6 Å². The van der Waals surface area contributed by atoms with Crippen molar-refractivity contribution in [3.8, 4) is 11.6 Å². The summed E-state index contributed by atoms with van der Waals surface area (Å²) in [6.45, 7) is 10.9. The fourth-order valence-corrected chi connectivity index (χ4v) is 9.00. The van der Waals surface area contributed by atoms with Crippen molar-refractivity contribution in [3.05, 3.63) is 23.9 Å². The molecule has 4 aliphatic rings. The van der Waals surface area contributed by atoms with Crippen LogP contribution in [-0.2, 0) is 41.6 Å². The SMILES string of the molecule is CC.COc1ccc2nc3c(nc2c1)O[C@H]1CN(C(=O)[C@H](C(C)(C)C)NC(=O)O[C@@H]2CCN(C(C)=O)C2CCCCC3)[C@H](C(=O)N[C@]2(C(=O)NS(=O)[O-])C[C@H]2C(F)CF)[C@@H]1C. The Morgan fingerprint density at radius 3 is 2.46 bits per heavy atom. The Morgan fingerprint density at radius 1 is 1.10 bits per heavy atom. The summed E-state index contributed by atoms with van der Waals surface area (Å²) in [6.07, 6.45) is -1.57. The number of fused-ring (bicyclic) bond motifs is 5. The van der Waals surface area contributed by atoms with Gasteiger partial charge in [0, 0.05) is 49.1 Å². The molecule has 61 heavy (non-hydrogen) atoms. The van der Waals surface area contributed by atoms with Crippen LogP contribution in [-0.4, -0.2) is 127 Å². The molecule has 10 atom stereocenters. The molecule has 1 aromatic carbocycles. The minimum Gasteiger partial charge on any atom is -0.755 e. The van der Waals surface area contributed by atoms with E-state index in [1.165, 1.54) is 18.9 Å². The first kappa shape index (κ1) is 47.3. The summed E-state index contributed by atoms with van der Waals surface area (Å²) >= 11 is -3.14. The van der Waals surface area contributed by atoms with Crippen LogP contribution < -0.4 is 24.8 Å². The van der Waals surface area contributed by atoms with Gasteiger partial charge in [-0.3, -0.25) is 28.1 Å². The van der Waals surface area contributed by atoms with Gasteiger partial charge in [-0.25, -0.2) is 23.5 Å². The number of benzene rings is 1.